The summed E-state index contributed by atoms with van der Waals surface area (Å²) in [4.78, 5) is 23.2. The van der Waals surface area contributed by atoms with Crippen LogP contribution in [-0.2, 0) is 17.6 Å². The zero-order valence-corrected chi connectivity index (χ0v) is 15.7. The number of rotatable bonds is 6. The molecule has 3 aromatic rings. The number of imidazole rings is 1. The molecule has 1 aliphatic rings. The van der Waals surface area contributed by atoms with Gasteiger partial charge >= 0.3 is 0 Å². The van der Waals surface area contributed by atoms with Crippen LogP contribution in [0.25, 0.3) is 11.2 Å². The molecule has 12 heteroatoms. The van der Waals surface area contributed by atoms with Gasteiger partial charge in [-0.1, -0.05) is 12.1 Å². The van der Waals surface area contributed by atoms with Gasteiger partial charge in [-0.15, -0.1) is 0 Å². The first-order valence-electron chi connectivity index (χ1n) is 9.23. The van der Waals surface area contributed by atoms with Gasteiger partial charge in [-0.25, -0.2) is 15.0 Å². The molecule has 0 radical (unpaired) electrons. The summed E-state index contributed by atoms with van der Waals surface area (Å²) < 4.78 is 6.99. The molecule has 5 N–H and O–H groups in total. The molecule has 0 bridgehead atoms. The summed E-state index contributed by atoms with van der Waals surface area (Å²) in [5.74, 6) is 0.580. The number of aromatic nitrogens is 4. The van der Waals surface area contributed by atoms with Crippen molar-refractivity contribution >= 4 is 22.7 Å². The molecule has 2 aromatic heterocycles. The van der Waals surface area contributed by atoms with Crippen LogP contribution in [0.1, 0.15) is 17.6 Å². The number of aryl methyl sites for hydroxylation is 2. The maximum Gasteiger partial charge on any atom is 0.269 e. The number of non-ortho nitro benzene ring substituents is 1. The van der Waals surface area contributed by atoms with Crippen molar-refractivity contribution in [3.63, 3.8) is 0 Å². The topological polar surface area (TPSA) is 183 Å². The van der Waals surface area contributed by atoms with Crippen LogP contribution in [0.3, 0.4) is 0 Å². The van der Waals surface area contributed by atoms with Crippen molar-refractivity contribution in [1.29, 1.82) is 0 Å². The van der Waals surface area contributed by atoms with Gasteiger partial charge in [-0.05, 0) is 12.0 Å². The number of nitro benzene ring substituents is 1. The number of ether oxygens (including phenoxy) is 1. The number of nitro groups is 1. The highest BCUT2D eigenvalue weighted by Crippen LogP contribution is 2.32. The minimum Gasteiger partial charge on any atom is -0.394 e. The minimum atomic E-state index is -1.28. The Morgan fingerprint density at radius 2 is 1.90 bits per heavy atom. The predicted molar refractivity (Wildman–Crippen MR) is 103 cm³/mol. The molecule has 1 fully saturated rings. The number of nitrogen functional groups attached to an aromatic ring is 1. The average Bonchev–Trinajstić information content (AvgIpc) is 3.28. The summed E-state index contributed by atoms with van der Waals surface area (Å²) in [7, 11) is 0. The first kappa shape index (κ1) is 20.1. The second kappa shape index (κ2) is 7.91. The molecule has 0 amide bonds. The van der Waals surface area contributed by atoms with Crippen LogP contribution in [-0.4, -0.2) is 64.7 Å². The summed E-state index contributed by atoms with van der Waals surface area (Å²) in [6, 6.07) is 6.21. The Morgan fingerprint density at radius 3 is 2.53 bits per heavy atom. The van der Waals surface area contributed by atoms with E-state index in [1.807, 2.05) is 0 Å². The normalized spacial score (nSPS) is 23.8. The molecule has 0 aliphatic carbocycles. The molecule has 0 spiro atoms. The zero-order chi connectivity index (χ0) is 21.4. The minimum absolute atomic E-state index is 0.0167. The van der Waals surface area contributed by atoms with E-state index in [0.717, 1.165) is 5.56 Å². The van der Waals surface area contributed by atoms with Crippen molar-refractivity contribution in [3.05, 3.63) is 52.1 Å². The summed E-state index contributed by atoms with van der Waals surface area (Å²) in [6.07, 6.45) is -2.11. The lowest BCUT2D eigenvalue weighted by Crippen LogP contribution is -2.33. The number of fused-ring (bicyclic) bond motifs is 1. The van der Waals surface area contributed by atoms with E-state index in [4.69, 9.17) is 10.5 Å². The van der Waals surface area contributed by atoms with Crippen molar-refractivity contribution in [1.82, 2.24) is 19.5 Å². The Hall–Kier alpha value is -3.19. The molecule has 1 aliphatic heterocycles. The van der Waals surface area contributed by atoms with Crippen LogP contribution < -0.4 is 5.73 Å². The standard InChI is InChI=1S/C18H20N6O6/c19-16-13-17(23(8-20-13)18-15(27)14(26)11(7-25)30-18)22-12(21-16)6-3-9-1-4-10(5-2-9)24(28)29/h1-2,4-5,8,11,14-15,18,25-27H,3,6-7H2,(H2,19,21,22)/t11-,14-,15-,18?/m1/s1. The van der Waals surface area contributed by atoms with E-state index in [-0.39, 0.29) is 11.5 Å². The molecular formula is C18H20N6O6. The van der Waals surface area contributed by atoms with Crippen LogP contribution in [0.2, 0.25) is 0 Å². The molecule has 1 unspecified atom stereocenters. The van der Waals surface area contributed by atoms with Crippen molar-refractivity contribution in [2.45, 2.75) is 37.4 Å². The lowest BCUT2D eigenvalue weighted by Gasteiger charge is -2.16. The lowest BCUT2D eigenvalue weighted by molar-refractivity contribution is -0.384. The number of aliphatic hydroxyl groups is 3. The highest BCUT2D eigenvalue weighted by molar-refractivity contribution is 5.81. The first-order valence-corrected chi connectivity index (χ1v) is 9.23. The first-order chi connectivity index (χ1) is 14.4. The van der Waals surface area contributed by atoms with Gasteiger partial charge in [0.2, 0.25) is 0 Å². The number of nitrogens with two attached hydrogens (primary N) is 1. The van der Waals surface area contributed by atoms with Gasteiger partial charge in [0, 0.05) is 18.6 Å². The number of nitrogens with zero attached hydrogens (tertiary/aromatic N) is 5. The number of benzene rings is 1. The Balaban J connectivity index is 1.58. The van der Waals surface area contributed by atoms with E-state index in [2.05, 4.69) is 15.0 Å². The summed E-state index contributed by atoms with van der Waals surface area (Å²) in [6.45, 7) is -0.445. The molecule has 158 valence electrons. The quantitative estimate of drug-likeness (QED) is 0.308. The Bertz CT molecular complexity index is 1070. The fourth-order valence-electron chi connectivity index (χ4n) is 3.43. The molecule has 4 atom stereocenters. The van der Waals surface area contributed by atoms with Crippen LogP contribution in [0, 0.1) is 10.1 Å². The third-order valence-electron chi connectivity index (χ3n) is 5.07. The maximum absolute atomic E-state index is 10.8. The van der Waals surface area contributed by atoms with E-state index in [9.17, 15) is 25.4 Å². The van der Waals surface area contributed by atoms with Gasteiger partial charge in [-0.3, -0.25) is 14.7 Å². The van der Waals surface area contributed by atoms with E-state index < -0.39 is 36.1 Å². The fraction of sp³-hybridized carbons (Fsp3) is 0.389. The third kappa shape index (κ3) is 3.57. The summed E-state index contributed by atoms with van der Waals surface area (Å²) in [5, 5.41) is 40.3. The lowest BCUT2D eigenvalue weighted by atomic mass is 10.1. The van der Waals surface area contributed by atoms with E-state index in [1.165, 1.54) is 23.0 Å². The van der Waals surface area contributed by atoms with Crippen molar-refractivity contribution < 1.29 is 25.0 Å². The highest BCUT2D eigenvalue weighted by Gasteiger charge is 2.44. The monoisotopic (exact) mass is 416 g/mol. The Morgan fingerprint density at radius 1 is 1.17 bits per heavy atom. The van der Waals surface area contributed by atoms with Crippen molar-refractivity contribution in [2.75, 3.05) is 12.3 Å². The fourth-order valence-corrected chi connectivity index (χ4v) is 3.43. The molecule has 3 heterocycles. The second-order valence-electron chi connectivity index (χ2n) is 7.00. The van der Waals surface area contributed by atoms with Crippen LogP contribution in [0.5, 0.6) is 0 Å². The average molecular weight is 416 g/mol. The number of hydrogen-bond acceptors (Lipinski definition) is 10. The molecule has 30 heavy (non-hydrogen) atoms. The maximum atomic E-state index is 10.8. The third-order valence-corrected chi connectivity index (χ3v) is 5.07. The van der Waals surface area contributed by atoms with Gasteiger partial charge in [-0.2, -0.15) is 0 Å². The highest BCUT2D eigenvalue weighted by atomic mass is 16.6. The molecule has 1 aromatic carbocycles. The van der Waals surface area contributed by atoms with Gasteiger partial charge in [0.05, 0.1) is 17.9 Å². The number of aliphatic hydroxyl groups excluding tert-OH is 3. The molecule has 0 saturated carbocycles. The van der Waals surface area contributed by atoms with E-state index >= 15 is 0 Å². The van der Waals surface area contributed by atoms with Crippen molar-refractivity contribution in [2.24, 2.45) is 0 Å². The van der Waals surface area contributed by atoms with Gasteiger partial charge in [0.15, 0.2) is 17.7 Å². The van der Waals surface area contributed by atoms with E-state index in [0.29, 0.717) is 29.8 Å². The Kier molecular flexibility index (Phi) is 5.30. The van der Waals surface area contributed by atoms with Crippen LogP contribution in [0.15, 0.2) is 30.6 Å². The molecule has 4 rings (SSSR count). The SMILES string of the molecule is Nc1nc(CCc2ccc([N+](=O)[O-])cc2)nc2c1ncn2C1O[C@H](CO)[C@@H](O)[C@H]1O. The molecule has 1 saturated heterocycles. The van der Waals surface area contributed by atoms with Crippen LogP contribution >= 0.6 is 0 Å². The summed E-state index contributed by atoms with van der Waals surface area (Å²) in [5.41, 5.74) is 7.56. The Labute approximate surface area is 169 Å². The van der Waals surface area contributed by atoms with Gasteiger partial charge < -0.3 is 25.8 Å². The van der Waals surface area contributed by atoms with Crippen LogP contribution in [0.4, 0.5) is 11.5 Å². The zero-order valence-electron chi connectivity index (χ0n) is 15.7. The molecular weight excluding hydrogens is 396 g/mol. The predicted octanol–water partition coefficient (Wildman–Crippen LogP) is -0.287. The van der Waals surface area contributed by atoms with E-state index in [1.54, 1.807) is 12.1 Å². The number of anilines is 1. The second-order valence-corrected chi connectivity index (χ2v) is 7.00. The van der Waals surface area contributed by atoms with Gasteiger partial charge in [0.1, 0.15) is 29.7 Å². The van der Waals surface area contributed by atoms with Gasteiger partial charge in [0.25, 0.3) is 5.69 Å². The summed E-state index contributed by atoms with van der Waals surface area (Å²) >= 11 is 0. The molecule has 12 nitrogen and oxygen atoms in total. The number of hydrogen-bond donors (Lipinski definition) is 4. The smallest absolute Gasteiger partial charge is 0.269 e. The largest absolute Gasteiger partial charge is 0.394 e. The van der Waals surface area contributed by atoms with Crippen molar-refractivity contribution in [3.8, 4) is 0 Å².